The van der Waals surface area contributed by atoms with Crippen LogP contribution < -0.4 is 5.32 Å². The van der Waals surface area contributed by atoms with Crippen molar-refractivity contribution in [3.8, 4) is 0 Å². The average Bonchev–Trinajstić information content (AvgIpc) is 3.45. The van der Waals surface area contributed by atoms with Crippen molar-refractivity contribution < 1.29 is 57.2 Å². The number of hydrogen-bond acceptors (Lipinski definition) is 19. The van der Waals surface area contributed by atoms with E-state index >= 15 is 0 Å². The molecular formula is C61H114N4O12S3. The van der Waals surface area contributed by atoms with E-state index in [9.17, 15) is 28.8 Å². The lowest BCUT2D eigenvalue weighted by atomic mass is 10.1. The summed E-state index contributed by atoms with van der Waals surface area (Å²) in [4.78, 5) is 82.2. The number of carbonyl (C=O) groups is 6. The predicted molar refractivity (Wildman–Crippen MR) is 331 cm³/mol. The van der Waals surface area contributed by atoms with Crippen molar-refractivity contribution in [3.05, 3.63) is 0 Å². The molecule has 80 heavy (non-hydrogen) atoms. The van der Waals surface area contributed by atoms with Gasteiger partial charge in [0.15, 0.2) is 0 Å². The number of carbonyl (C=O) groups excluding carboxylic acids is 6. The van der Waals surface area contributed by atoms with Gasteiger partial charge in [0.25, 0.3) is 0 Å². The van der Waals surface area contributed by atoms with Crippen LogP contribution in [0.1, 0.15) is 189 Å². The quantitative estimate of drug-likeness (QED) is 0.0345. The smallest absolute Gasteiger partial charge is 0.309 e. The average molecular weight is 1190 g/mol. The number of hydrogen-bond donors (Lipinski definition) is 1. The molecule has 1 fully saturated rings. The molecule has 0 aromatic rings. The summed E-state index contributed by atoms with van der Waals surface area (Å²) < 4.78 is 32.3. The van der Waals surface area contributed by atoms with Crippen LogP contribution in [0, 0.1) is 17.8 Å². The molecule has 19 heteroatoms. The van der Waals surface area contributed by atoms with Gasteiger partial charge in [0.05, 0.1) is 37.0 Å². The second-order valence-electron chi connectivity index (χ2n) is 21.6. The summed E-state index contributed by atoms with van der Waals surface area (Å²) in [5.41, 5.74) is 0. The lowest BCUT2D eigenvalue weighted by Crippen LogP contribution is -2.47. The molecule has 0 bridgehead atoms. The Morgan fingerprint density at radius 2 is 0.725 bits per heavy atom. The zero-order valence-electron chi connectivity index (χ0n) is 51.2. The highest BCUT2D eigenvalue weighted by Gasteiger charge is 2.20. The molecule has 1 N–H and O–H groups in total. The van der Waals surface area contributed by atoms with E-state index in [1.807, 2.05) is 20.8 Å². The Bertz CT molecular complexity index is 1490. The molecule has 0 radical (unpaired) electrons. The molecule has 0 spiro atoms. The fourth-order valence-electron chi connectivity index (χ4n) is 8.81. The SMILES string of the molecule is CCCCCCCCSCC(C)C(=O)OCCOC(=O)CCNCCCN1CCN(CCCN(CCC(=O)OCCOC(=O)C(C)CSCCCCCCCC)CCC(=O)OCCOC(=O)C(C)CSCCCCCCCC)CC1. The van der Waals surface area contributed by atoms with Gasteiger partial charge in [-0.05, 0) is 75.5 Å². The number of nitrogens with one attached hydrogen (secondary N) is 1. The van der Waals surface area contributed by atoms with Crippen LogP contribution in [0.5, 0.6) is 0 Å². The first kappa shape index (κ1) is 75.7. The maximum atomic E-state index is 12.8. The van der Waals surface area contributed by atoms with E-state index in [4.69, 9.17) is 28.4 Å². The number of thioether (sulfide) groups is 3. The zero-order chi connectivity index (χ0) is 58.5. The van der Waals surface area contributed by atoms with Crippen molar-refractivity contribution in [2.45, 2.75) is 189 Å². The molecule has 1 saturated heterocycles. The number of ether oxygens (including phenoxy) is 6. The Kier molecular flexibility index (Phi) is 51.7. The molecule has 1 aliphatic rings. The second-order valence-corrected chi connectivity index (χ2v) is 25.1. The molecule has 16 nitrogen and oxygen atoms in total. The van der Waals surface area contributed by atoms with Gasteiger partial charge in [-0.1, -0.05) is 138 Å². The Morgan fingerprint density at radius 3 is 1.10 bits per heavy atom. The number of esters is 6. The first-order valence-electron chi connectivity index (χ1n) is 31.5. The Labute approximate surface area is 498 Å². The second kappa shape index (κ2) is 54.6. The van der Waals surface area contributed by atoms with Crippen LogP contribution in [-0.2, 0) is 57.2 Å². The minimum absolute atomic E-state index is 0.00436. The summed E-state index contributed by atoms with van der Waals surface area (Å²) in [6.45, 7) is 21.0. The van der Waals surface area contributed by atoms with Gasteiger partial charge in [0.2, 0.25) is 0 Å². The molecule has 0 amide bonds. The van der Waals surface area contributed by atoms with E-state index in [1.54, 1.807) is 35.3 Å². The zero-order valence-corrected chi connectivity index (χ0v) is 53.7. The van der Waals surface area contributed by atoms with E-state index < -0.39 is 0 Å². The Hall–Kier alpha value is -2.29. The van der Waals surface area contributed by atoms with Gasteiger partial charge in [-0.2, -0.15) is 35.3 Å². The molecule has 3 atom stereocenters. The molecule has 0 aromatic carbocycles. The van der Waals surface area contributed by atoms with Crippen LogP contribution in [0.15, 0.2) is 0 Å². The molecule has 1 rings (SSSR count). The van der Waals surface area contributed by atoms with Crippen molar-refractivity contribution >= 4 is 71.1 Å². The molecule has 468 valence electrons. The lowest BCUT2D eigenvalue weighted by molar-refractivity contribution is -0.154. The first-order chi connectivity index (χ1) is 38.9. The van der Waals surface area contributed by atoms with E-state index in [1.165, 1.54) is 103 Å². The molecule has 0 aliphatic carbocycles. The topological polar surface area (TPSA) is 180 Å². The van der Waals surface area contributed by atoms with Crippen molar-refractivity contribution in [2.75, 3.05) is 146 Å². The third-order valence-corrected chi connectivity index (χ3v) is 18.0. The Morgan fingerprint density at radius 1 is 0.400 bits per heavy atom. The van der Waals surface area contributed by atoms with E-state index in [2.05, 4.69) is 40.8 Å². The third kappa shape index (κ3) is 46.1. The minimum atomic E-state index is -0.387. The minimum Gasteiger partial charge on any atom is -0.462 e. The lowest BCUT2D eigenvalue weighted by Gasteiger charge is -2.35. The van der Waals surface area contributed by atoms with Gasteiger partial charge in [0.1, 0.15) is 39.6 Å². The Balaban J connectivity index is 2.39. The standard InChI is InChI=1S/C61H114N4O12S3/c1-7-10-13-16-19-22-47-78-50-53(4)59(69)75-44-41-72-56(66)27-31-62-30-25-32-64-37-39-65(40-38-64)34-26-33-63(35-28-57(67)73-42-45-76-60(70)54(5)51-79-48-23-20-17-14-11-8-2)36-29-58(68)74-43-46-77-61(71)55(6)52-80-49-24-21-18-15-12-9-3/h53-55,62H,7-52H2,1-6H3. The van der Waals surface area contributed by atoms with Crippen molar-refractivity contribution in [1.82, 2.24) is 20.0 Å². The van der Waals surface area contributed by atoms with Crippen molar-refractivity contribution in [1.29, 1.82) is 0 Å². The maximum absolute atomic E-state index is 12.8. The first-order valence-corrected chi connectivity index (χ1v) is 34.9. The van der Waals surface area contributed by atoms with Crippen LogP contribution in [0.4, 0.5) is 0 Å². The molecule has 1 aliphatic heterocycles. The summed E-state index contributed by atoms with van der Waals surface area (Å²) in [6.07, 6.45) is 24.9. The highest BCUT2D eigenvalue weighted by molar-refractivity contribution is 7.99. The number of piperazine rings is 1. The molecule has 3 unspecified atom stereocenters. The van der Waals surface area contributed by atoms with Crippen LogP contribution in [0.3, 0.4) is 0 Å². The summed E-state index contributed by atoms with van der Waals surface area (Å²) in [5.74, 6) is 2.82. The summed E-state index contributed by atoms with van der Waals surface area (Å²) in [7, 11) is 0. The predicted octanol–water partition coefficient (Wildman–Crippen LogP) is 10.9. The highest BCUT2D eigenvalue weighted by atomic mass is 32.2. The van der Waals surface area contributed by atoms with E-state index in [0.717, 1.165) is 94.5 Å². The summed E-state index contributed by atoms with van der Waals surface area (Å²) in [6, 6.07) is 0. The van der Waals surface area contributed by atoms with Crippen LogP contribution in [-0.4, -0.2) is 197 Å². The van der Waals surface area contributed by atoms with Gasteiger partial charge in [-0.25, -0.2) is 0 Å². The number of unbranched alkanes of at least 4 members (excludes halogenated alkanes) is 15. The molecule has 0 saturated carbocycles. The van der Waals surface area contributed by atoms with Gasteiger partial charge in [-0.3, -0.25) is 28.8 Å². The number of rotatable bonds is 56. The molecule has 1 heterocycles. The van der Waals surface area contributed by atoms with Gasteiger partial charge >= 0.3 is 35.8 Å². The van der Waals surface area contributed by atoms with E-state index in [0.29, 0.717) is 37.7 Å². The summed E-state index contributed by atoms with van der Waals surface area (Å²) in [5, 5.41) is 3.34. The molecular weight excluding hydrogens is 1080 g/mol. The van der Waals surface area contributed by atoms with Crippen LogP contribution in [0.2, 0.25) is 0 Å². The molecule has 0 aromatic heterocycles. The number of nitrogens with zero attached hydrogens (tertiary/aromatic N) is 3. The fraction of sp³-hybridized carbons (Fsp3) is 0.902. The maximum Gasteiger partial charge on any atom is 0.309 e. The van der Waals surface area contributed by atoms with Gasteiger partial charge in [-0.15, -0.1) is 0 Å². The van der Waals surface area contributed by atoms with Crippen LogP contribution in [0.25, 0.3) is 0 Å². The summed E-state index contributed by atoms with van der Waals surface area (Å²) >= 11 is 5.37. The van der Waals surface area contributed by atoms with Gasteiger partial charge < -0.3 is 48.4 Å². The van der Waals surface area contributed by atoms with Crippen LogP contribution >= 0.6 is 35.3 Å². The van der Waals surface area contributed by atoms with Gasteiger partial charge in [0, 0.05) is 63.1 Å². The van der Waals surface area contributed by atoms with Crippen molar-refractivity contribution in [3.63, 3.8) is 0 Å². The fourth-order valence-corrected chi connectivity index (χ4v) is 12.0. The van der Waals surface area contributed by atoms with Crippen molar-refractivity contribution in [2.24, 2.45) is 17.8 Å². The monoisotopic (exact) mass is 1190 g/mol. The third-order valence-electron chi connectivity index (χ3n) is 14.0. The normalized spacial score (nSPS) is 14.1. The highest BCUT2D eigenvalue weighted by Crippen LogP contribution is 2.17. The largest absolute Gasteiger partial charge is 0.462 e. The van der Waals surface area contributed by atoms with E-state index in [-0.39, 0.29) is 112 Å².